The minimum absolute atomic E-state index is 0.125. The minimum atomic E-state index is 0.125. The van der Waals surface area contributed by atoms with Crippen molar-refractivity contribution >= 4 is 0 Å². The molecule has 2 heteroatoms. The fourth-order valence-corrected chi connectivity index (χ4v) is 3.91. The fraction of sp³-hybridized carbons (Fsp3) is 0.625. The van der Waals surface area contributed by atoms with Gasteiger partial charge in [0.05, 0.1) is 5.54 Å². The summed E-state index contributed by atoms with van der Waals surface area (Å²) in [6.07, 6.45) is 5.16. The van der Waals surface area contributed by atoms with Crippen molar-refractivity contribution in [3.8, 4) is 0 Å². The van der Waals surface area contributed by atoms with E-state index in [1.807, 2.05) is 0 Å². The van der Waals surface area contributed by atoms with Crippen molar-refractivity contribution in [3.05, 3.63) is 35.4 Å². The first kappa shape index (κ1) is 12.2. The van der Waals surface area contributed by atoms with Crippen LogP contribution in [0.5, 0.6) is 0 Å². The first-order valence-electron chi connectivity index (χ1n) is 7.32. The Bertz CT molecular complexity index is 423. The van der Waals surface area contributed by atoms with Gasteiger partial charge in [0, 0.05) is 6.54 Å². The molecule has 0 saturated carbocycles. The van der Waals surface area contributed by atoms with Gasteiger partial charge in [-0.2, -0.15) is 0 Å². The number of fused-ring (bicyclic) bond motifs is 1. The molecule has 1 saturated heterocycles. The summed E-state index contributed by atoms with van der Waals surface area (Å²) in [5, 5.41) is 0. The highest BCUT2D eigenvalue weighted by molar-refractivity contribution is 5.39. The number of hydrogen-bond acceptors (Lipinski definition) is 2. The molecule has 2 aliphatic rings. The topological polar surface area (TPSA) is 29.3 Å². The predicted octanol–water partition coefficient (Wildman–Crippen LogP) is 2.83. The molecule has 1 aliphatic carbocycles. The predicted molar refractivity (Wildman–Crippen MR) is 75.6 cm³/mol. The van der Waals surface area contributed by atoms with E-state index in [-0.39, 0.29) is 5.54 Å². The smallest absolute Gasteiger partial charge is 0.0586 e. The van der Waals surface area contributed by atoms with Crippen LogP contribution in [0.25, 0.3) is 0 Å². The number of nitrogens with zero attached hydrogens (tertiary/aromatic N) is 1. The van der Waals surface area contributed by atoms with Crippen molar-refractivity contribution in [2.24, 2.45) is 5.73 Å². The SMILES string of the molecule is CC1CCC(CN)(N2CCCC2)c2ccccc21. The van der Waals surface area contributed by atoms with Crippen molar-refractivity contribution in [1.29, 1.82) is 0 Å². The maximum atomic E-state index is 6.24. The van der Waals surface area contributed by atoms with Crippen molar-refractivity contribution in [2.75, 3.05) is 19.6 Å². The van der Waals surface area contributed by atoms with Crippen LogP contribution in [0.15, 0.2) is 24.3 Å². The Hall–Kier alpha value is -0.860. The summed E-state index contributed by atoms with van der Waals surface area (Å²) in [7, 11) is 0. The van der Waals surface area contributed by atoms with Gasteiger partial charge in [-0.05, 0) is 55.8 Å². The maximum Gasteiger partial charge on any atom is 0.0586 e. The fourth-order valence-electron chi connectivity index (χ4n) is 3.91. The Labute approximate surface area is 110 Å². The van der Waals surface area contributed by atoms with Crippen molar-refractivity contribution < 1.29 is 0 Å². The summed E-state index contributed by atoms with van der Waals surface area (Å²) < 4.78 is 0. The minimum Gasteiger partial charge on any atom is -0.328 e. The normalized spacial score (nSPS) is 32.4. The van der Waals surface area contributed by atoms with Crippen molar-refractivity contribution in [2.45, 2.75) is 44.1 Å². The highest BCUT2D eigenvalue weighted by Crippen LogP contribution is 2.45. The molecule has 1 aliphatic heterocycles. The molecule has 2 N–H and O–H groups in total. The van der Waals surface area contributed by atoms with E-state index in [9.17, 15) is 0 Å². The Morgan fingerprint density at radius 1 is 1.28 bits per heavy atom. The Balaban J connectivity index is 2.08. The lowest BCUT2D eigenvalue weighted by Crippen LogP contribution is -2.52. The van der Waals surface area contributed by atoms with Gasteiger partial charge in [0.25, 0.3) is 0 Å². The third-order valence-corrected chi connectivity index (χ3v) is 5.03. The summed E-state index contributed by atoms with van der Waals surface area (Å²) in [4.78, 5) is 2.65. The third kappa shape index (κ3) is 1.70. The van der Waals surface area contributed by atoms with E-state index >= 15 is 0 Å². The molecule has 2 nitrogen and oxygen atoms in total. The van der Waals surface area contributed by atoms with Gasteiger partial charge in [0.15, 0.2) is 0 Å². The zero-order valence-corrected chi connectivity index (χ0v) is 11.4. The molecular formula is C16H24N2. The molecule has 0 bridgehead atoms. The summed E-state index contributed by atoms with van der Waals surface area (Å²) >= 11 is 0. The first-order chi connectivity index (χ1) is 8.78. The Kier molecular flexibility index (Phi) is 3.16. The van der Waals surface area contributed by atoms with Crippen LogP contribution >= 0.6 is 0 Å². The highest BCUT2D eigenvalue weighted by Gasteiger charge is 2.42. The van der Waals surface area contributed by atoms with E-state index in [0.29, 0.717) is 5.92 Å². The van der Waals surface area contributed by atoms with Crippen LogP contribution in [0.3, 0.4) is 0 Å². The zero-order chi connectivity index (χ0) is 12.6. The average Bonchev–Trinajstić information content (AvgIpc) is 2.95. The maximum absolute atomic E-state index is 6.24. The van der Waals surface area contributed by atoms with Gasteiger partial charge in [0.1, 0.15) is 0 Å². The van der Waals surface area contributed by atoms with E-state index in [4.69, 9.17) is 5.73 Å². The second-order valence-electron chi connectivity index (χ2n) is 5.96. The standard InChI is InChI=1S/C16H24N2/c1-13-8-9-16(12-17,18-10-4-5-11-18)15-7-3-2-6-14(13)15/h2-3,6-7,13H,4-5,8-12,17H2,1H3. The molecule has 3 rings (SSSR count). The Morgan fingerprint density at radius 2 is 2.00 bits per heavy atom. The molecule has 1 aromatic rings. The van der Waals surface area contributed by atoms with E-state index in [1.165, 1.54) is 49.9 Å². The molecule has 98 valence electrons. The number of nitrogens with two attached hydrogens (primary N) is 1. The van der Waals surface area contributed by atoms with Crippen LogP contribution in [0.2, 0.25) is 0 Å². The summed E-state index contributed by atoms with van der Waals surface area (Å²) in [6, 6.07) is 8.97. The average molecular weight is 244 g/mol. The van der Waals surface area contributed by atoms with Crippen LogP contribution in [-0.4, -0.2) is 24.5 Å². The largest absolute Gasteiger partial charge is 0.328 e. The molecule has 0 aromatic heterocycles. The lowest BCUT2D eigenvalue weighted by atomic mass is 9.71. The number of benzene rings is 1. The van der Waals surface area contributed by atoms with Gasteiger partial charge < -0.3 is 5.73 Å². The molecule has 0 amide bonds. The third-order valence-electron chi connectivity index (χ3n) is 5.03. The van der Waals surface area contributed by atoms with Crippen LogP contribution < -0.4 is 5.73 Å². The van der Waals surface area contributed by atoms with E-state index in [1.54, 1.807) is 0 Å². The summed E-state index contributed by atoms with van der Waals surface area (Å²) in [5.41, 5.74) is 9.40. The van der Waals surface area contributed by atoms with Gasteiger partial charge in [-0.1, -0.05) is 31.2 Å². The van der Waals surface area contributed by atoms with Gasteiger partial charge in [-0.3, -0.25) is 4.90 Å². The van der Waals surface area contributed by atoms with Gasteiger partial charge in [-0.15, -0.1) is 0 Å². The molecule has 0 radical (unpaired) electrons. The second kappa shape index (κ2) is 4.67. The second-order valence-corrected chi connectivity index (χ2v) is 5.96. The van der Waals surface area contributed by atoms with Crippen molar-refractivity contribution in [3.63, 3.8) is 0 Å². The number of hydrogen-bond donors (Lipinski definition) is 1. The lowest BCUT2D eigenvalue weighted by molar-refractivity contribution is 0.0977. The summed E-state index contributed by atoms with van der Waals surface area (Å²) in [6.45, 7) is 5.56. The highest BCUT2D eigenvalue weighted by atomic mass is 15.2. The molecule has 1 aromatic carbocycles. The van der Waals surface area contributed by atoms with Gasteiger partial charge in [0.2, 0.25) is 0 Å². The van der Waals surface area contributed by atoms with Gasteiger partial charge in [-0.25, -0.2) is 0 Å². The quantitative estimate of drug-likeness (QED) is 0.867. The Morgan fingerprint density at radius 3 is 2.72 bits per heavy atom. The molecule has 1 fully saturated rings. The zero-order valence-electron chi connectivity index (χ0n) is 11.4. The molecular weight excluding hydrogens is 220 g/mol. The summed E-state index contributed by atoms with van der Waals surface area (Å²) in [5.74, 6) is 0.684. The molecule has 18 heavy (non-hydrogen) atoms. The molecule has 2 unspecified atom stereocenters. The van der Waals surface area contributed by atoms with Crippen LogP contribution in [-0.2, 0) is 5.54 Å². The van der Waals surface area contributed by atoms with Crippen molar-refractivity contribution in [1.82, 2.24) is 4.90 Å². The monoisotopic (exact) mass is 244 g/mol. The molecule has 1 heterocycles. The molecule has 0 spiro atoms. The molecule has 2 atom stereocenters. The van der Waals surface area contributed by atoms with Crippen LogP contribution in [0.1, 0.15) is 49.7 Å². The van der Waals surface area contributed by atoms with E-state index < -0.39 is 0 Å². The number of rotatable bonds is 2. The van der Waals surface area contributed by atoms with Crippen LogP contribution in [0.4, 0.5) is 0 Å². The first-order valence-corrected chi connectivity index (χ1v) is 7.32. The van der Waals surface area contributed by atoms with E-state index in [2.05, 4.69) is 36.1 Å². The number of likely N-dealkylation sites (tertiary alicyclic amines) is 1. The van der Waals surface area contributed by atoms with Gasteiger partial charge >= 0.3 is 0 Å². The van der Waals surface area contributed by atoms with E-state index in [0.717, 1.165) is 6.54 Å². The van der Waals surface area contributed by atoms with Crippen LogP contribution in [0, 0.1) is 0 Å². The lowest BCUT2D eigenvalue weighted by Gasteiger charge is -2.47.